The first kappa shape index (κ1) is 23.2. The lowest BCUT2D eigenvalue weighted by Crippen LogP contribution is -2.32. The van der Waals surface area contributed by atoms with Gasteiger partial charge < -0.3 is 20.7 Å². The van der Waals surface area contributed by atoms with Crippen LogP contribution in [-0.4, -0.2) is 57.9 Å². The number of anilines is 1. The molecular formula is C25H28N6O3. The molecule has 0 atom stereocenters. The van der Waals surface area contributed by atoms with Crippen molar-refractivity contribution in [3.63, 3.8) is 0 Å². The van der Waals surface area contributed by atoms with E-state index in [1.54, 1.807) is 49.6 Å². The molecule has 1 saturated carbocycles. The highest BCUT2D eigenvalue weighted by Gasteiger charge is 2.24. The first-order valence-electron chi connectivity index (χ1n) is 11.2. The van der Waals surface area contributed by atoms with Crippen LogP contribution < -0.4 is 15.8 Å². The van der Waals surface area contributed by atoms with Gasteiger partial charge in [0.1, 0.15) is 11.7 Å². The normalized spacial score (nSPS) is 17.6. The van der Waals surface area contributed by atoms with Crippen LogP contribution in [0.4, 0.5) is 5.95 Å². The van der Waals surface area contributed by atoms with Gasteiger partial charge in [0.05, 0.1) is 5.69 Å². The van der Waals surface area contributed by atoms with Crippen molar-refractivity contribution in [3.05, 3.63) is 66.0 Å². The van der Waals surface area contributed by atoms with Gasteiger partial charge >= 0.3 is 0 Å². The average Bonchev–Trinajstić information content (AvgIpc) is 2.85. The number of hydrogen-bond acceptors (Lipinski definition) is 7. The fourth-order valence-electron chi connectivity index (χ4n) is 4.00. The molecule has 1 aliphatic rings. The van der Waals surface area contributed by atoms with Crippen LogP contribution in [-0.2, 0) is 0 Å². The van der Waals surface area contributed by atoms with Crippen LogP contribution in [0, 0.1) is 0 Å². The topological polar surface area (TPSA) is 123 Å². The number of carbonyl (C=O) groups is 2. The average molecular weight is 461 g/mol. The molecule has 1 aliphatic carbocycles. The summed E-state index contributed by atoms with van der Waals surface area (Å²) >= 11 is 0. The molecule has 34 heavy (non-hydrogen) atoms. The first-order chi connectivity index (χ1) is 16.4. The van der Waals surface area contributed by atoms with Gasteiger partial charge in [-0.15, -0.1) is 0 Å². The number of benzene rings is 1. The van der Waals surface area contributed by atoms with Crippen molar-refractivity contribution < 1.29 is 14.3 Å². The summed E-state index contributed by atoms with van der Waals surface area (Å²) in [6.45, 7) is 0. The summed E-state index contributed by atoms with van der Waals surface area (Å²) in [7, 11) is 3.46. The number of nitrogens with zero attached hydrogens (tertiary/aromatic N) is 4. The number of nitrogens with one attached hydrogen (secondary N) is 1. The Bertz CT molecular complexity index is 1170. The van der Waals surface area contributed by atoms with Crippen molar-refractivity contribution in [2.45, 2.75) is 37.8 Å². The number of carbonyl (C=O) groups excluding carboxylic acids is 2. The van der Waals surface area contributed by atoms with E-state index in [9.17, 15) is 9.59 Å². The van der Waals surface area contributed by atoms with E-state index in [4.69, 9.17) is 10.5 Å². The van der Waals surface area contributed by atoms with Gasteiger partial charge in [0, 0.05) is 43.7 Å². The van der Waals surface area contributed by atoms with Crippen LogP contribution in [0.2, 0.25) is 0 Å². The van der Waals surface area contributed by atoms with Crippen LogP contribution >= 0.6 is 0 Å². The Morgan fingerprint density at radius 2 is 1.82 bits per heavy atom. The van der Waals surface area contributed by atoms with Crippen LogP contribution in [0.5, 0.6) is 5.88 Å². The van der Waals surface area contributed by atoms with Crippen LogP contribution in [0.15, 0.2) is 54.9 Å². The number of rotatable bonds is 7. The van der Waals surface area contributed by atoms with E-state index in [2.05, 4.69) is 20.3 Å². The number of primary amides is 1. The summed E-state index contributed by atoms with van der Waals surface area (Å²) < 4.78 is 5.97. The molecule has 3 N–H and O–H groups in total. The molecule has 9 heteroatoms. The van der Waals surface area contributed by atoms with E-state index in [0.29, 0.717) is 17.1 Å². The van der Waals surface area contributed by atoms with E-state index in [-0.39, 0.29) is 23.9 Å². The summed E-state index contributed by atoms with van der Waals surface area (Å²) in [4.78, 5) is 38.6. The number of aromatic nitrogens is 3. The lowest BCUT2D eigenvalue weighted by molar-refractivity contribution is 0.0827. The molecular weight excluding hydrogens is 432 g/mol. The standard InChI is InChI=1S/C25H28N6O3/c1-31(2)24(33)17-6-3-5-16(15-17)21-12-14-28-25(30-21)29-18-8-10-19(11-9-18)34-23-20(22(26)32)7-4-13-27-23/h3-7,12-15,18-19H,8-11H2,1-2H3,(H2,26,32)(H,28,29,30)/t18-,19-. The minimum absolute atomic E-state index is 0.0322. The highest BCUT2D eigenvalue weighted by Crippen LogP contribution is 2.27. The lowest BCUT2D eigenvalue weighted by atomic mass is 9.93. The highest BCUT2D eigenvalue weighted by molar-refractivity contribution is 5.95. The second-order valence-corrected chi connectivity index (χ2v) is 8.50. The smallest absolute Gasteiger partial charge is 0.254 e. The van der Waals surface area contributed by atoms with Gasteiger partial charge in [0.15, 0.2) is 0 Å². The van der Waals surface area contributed by atoms with Crippen molar-refractivity contribution in [1.82, 2.24) is 19.9 Å². The zero-order valence-electron chi connectivity index (χ0n) is 19.3. The Balaban J connectivity index is 1.37. The molecule has 0 unspecified atom stereocenters. The van der Waals surface area contributed by atoms with Gasteiger partial charge in [0.2, 0.25) is 11.8 Å². The van der Waals surface area contributed by atoms with E-state index in [1.807, 2.05) is 24.3 Å². The van der Waals surface area contributed by atoms with E-state index in [1.165, 1.54) is 0 Å². The largest absolute Gasteiger partial charge is 0.474 e. The Morgan fingerprint density at radius 1 is 1.03 bits per heavy atom. The first-order valence-corrected chi connectivity index (χ1v) is 11.2. The van der Waals surface area contributed by atoms with Crippen molar-refractivity contribution in [3.8, 4) is 17.1 Å². The molecule has 2 amide bonds. The molecule has 2 heterocycles. The fourth-order valence-corrected chi connectivity index (χ4v) is 4.00. The van der Waals surface area contributed by atoms with Gasteiger partial charge in [0.25, 0.3) is 11.8 Å². The van der Waals surface area contributed by atoms with Gasteiger partial charge in [-0.1, -0.05) is 12.1 Å². The quantitative estimate of drug-likeness (QED) is 0.555. The van der Waals surface area contributed by atoms with E-state index >= 15 is 0 Å². The third-order valence-electron chi connectivity index (χ3n) is 5.79. The summed E-state index contributed by atoms with van der Waals surface area (Å²) in [6, 6.07) is 12.7. The second-order valence-electron chi connectivity index (χ2n) is 8.50. The predicted molar refractivity (Wildman–Crippen MR) is 129 cm³/mol. The van der Waals surface area contributed by atoms with Gasteiger partial charge in [-0.05, 0) is 56.0 Å². The number of nitrogens with two attached hydrogens (primary N) is 1. The second kappa shape index (κ2) is 10.3. The highest BCUT2D eigenvalue weighted by atomic mass is 16.5. The Morgan fingerprint density at radius 3 is 2.56 bits per heavy atom. The monoisotopic (exact) mass is 460 g/mol. The van der Waals surface area contributed by atoms with Crippen LogP contribution in [0.3, 0.4) is 0 Å². The molecule has 0 aliphatic heterocycles. The molecule has 176 valence electrons. The number of pyridine rings is 1. The van der Waals surface area contributed by atoms with Gasteiger partial charge in [-0.2, -0.15) is 0 Å². The summed E-state index contributed by atoms with van der Waals surface area (Å²) in [5.41, 5.74) is 7.93. The Hall–Kier alpha value is -4.01. The molecule has 2 aromatic heterocycles. The molecule has 0 saturated heterocycles. The van der Waals surface area contributed by atoms with Crippen molar-refractivity contribution in [2.75, 3.05) is 19.4 Å². The third kappa shape index (κ3) is 5.48. The molecule has 4 rings (SSSR count). The molecule has 3 aromatic rings. The van der Waals surface area contributed by atoms with Crippen LogP contribution in [0.1, 0.15) is 46.4 Å². The van der Waals surface area contributed by atoms with Crippen molar-refractivity contribution >= 4 is 17.8 Å². The lowest BCUT2D eigenvalue weighted by Gasteiger charge is -2.29. The minimum Gasteiger partial charge on any atom is -0.474 e. The van der Waals surface area contributed by atoms with Gasteiger partial charge in [-0.3, -0.25) is 9.59 Å². The van der Waals surface area contributed by atoms with E-state index in [0.717, 1.165) is 36.9 Å². The maximum absolute atomic E-state index is 12.3. The fraction of sp³-hybridized carbons (Fsp3) is 0.320. The third-order valence-corrected chi connectivity index (χ3v) is 5.79. The van der Waals surface area contributed by atoms with Crippen LogP contribution in [0.25, 0.3) is 11.3 Å². The Kier molecular flexibility index (Phi) is 7.01. The zero-order chi connectivity index (χ0) is 24.1. The minimum atomic E-state index is -0.549. The van der Waals surface area contributed by atoms with Crippen molar-refractivity contribution in [2.24, 2.45) is 5.73 Å². The molecule has 0 spiro atoms. The maximum atomic E-state index is 12.3. The zero-order valence-corrected chi connectivity index (χ0v) is 19.3. The van der Waals surface area contributed by atoms with Crippen molar-refractivity contribution in [1.29, 1.82) is 0 Å². The maximum Gasteiger partial charge on any atom is 0.254 e. The molecule has 0 bridgehead atoms. The molecule has 0 radical (unpaired) electrons. The Labute approximate surface area is 198 Å². The van der Waals surface area contributed by atoms with Gasteiger partial charge in [-0.25, -0.2) is 15.0 Å². The van der Waals surface area contributed by atoms with E-state index < -0.39 is 5.91 Å². The molecule has 1 fully saturated rings. The SMILES string of the molecule is CN(C)C(=O)c1cccc(-c2ccnc(N[C@H]3CC[C@H](Oc4ncccc4C(N)=O)CC3)n2)c1. The number of ether oxygens (including phenoxy) is 1. The number of hydrogen-bond donors (Lipinski definition) is 2. The summed E-state index contributed by atoms with van der Waals surface area (Å²) in [5.74, 6) is 0.235. The summed E-state index contributed by atoms with van der Waals surface area (Å²) in [6.07, 6.45) is 6.61. The summed E-state index contributed by atoms with van der Waals surface area (Å²) in [5, 5.41) is 3.42. The molecule has 9 nitrogen and oxygen atoms in total. The number of amides is 2. The molecule has 1 aromatic carbocycles. The predicted octanol–water partition coefficient (Wildman–Crippen LogP) is 3.14.